The first-order chi connectivity index (χ1) is 9.70. The summed E-state index contributed by atoms with van der Waals surface area (Å²) in [5.41, 5.74) is 4.17. The fourth-order valence-corrected chi connectivity index (χ4v) is 5.58. The second kappa shape index (κ2) is 4.88. The first kappa shape index (κ1) is 13.4. The standard InChI is InChI=1S/C16H20Cl2N2/c17-11-3-1-2-10(16(11)18)7-12(20-19)15-13-8-4-5-9(6-8)14(13)15/h1-3,8-9,12-15,20H,4-7,19H2. The van der Waals surface area contributed by atoms with Crippen molar-refractivity contribution in [3.05, 3.63) is 33.8 Å². The molecule has 4 rings (SSSR count). The van der Waals surface area contributed by atoms with Crippen LogP contribution in [0.1, 0.15) is 24.8 Å². The fraction of sp³-hybridized carbons (Fsp3) is 0.625. The van der Waals surface area contributed by atoms with Crippen LogP contribution in [0, 0.1) is 29.6 Å². The Kier molecular flexibility index (Phi) is 3.26. The molecule has 108 valence electrons. The van der Waals surface area contributed by atoms with Gasteiger partial charge in [0.05, 0.1) is 10.0 Å². The molecule has 3 saturated carbocycles. The molecule has 0 saturated heterocycles. The molecule has 1 aromatic carbocycles. The molecule has 0 amide bonds. The van der Waals surface area contributed by atoms with Gasteiger partial charge < -0.3 is 0 Å². The van der Waals surface area contributed by atoms with Crippen LogP contribution in [0.4, 0.5) is 0 Å². The molecule has 0 aliphatic heterocycles. The molecule has 3 aliphatic carbocycles. The Hall–Kier alpha value is -0.280. The van der Waals surface area contributed by atoms with Crippen molar-refractivity contribution < 1.29 is 0 Å². The Morgan fingerprint density at radius 2 is 1.90 bits per heavy atom. The van der Waals surface area contributed by atoms with E-state index in [-0.39, 0.29) is 0 Å². The lowest BCUT2D eigenvalue weighted by Gasteiger charge is -2.20. The number of halogens is 2. The third kappa shape index (κ3) is 1.93. The second-order valence-electron chi connectivity index (χ2n) is 6.76. The van der Waals surface area contributed by atoms with Crippen molar-refractivity contribution in [2.75, 3.05) is 0 Å². The molecule has 1 aromatic rings. The van der Waals surface area contributed by atoms with Gasteiger partial charge in [-0.2, -0.15) is 0 Å². The van der Waals surface area contributed by atoms with Crippen LogP contribution >= 0.6 is 23.2 Å². The highest BCUT2D eigenvalue weighted by molar-refractivity contribution is 6.42. The lowest BCUT2D eigenvalue weighted by molar-refractivity contribution is 0.365. The molecule has 3 fully saturated rings. The summed E-state index contributed by atoms with van der Waals surface area (Å²) in [5.74, 6) is 10.4. The average Bonchev–Trinajstić information content (AvgIpc) is 2.88. The summed E-state index contributed by atoms with van der Waals surface area (Å²) in [4.78, 5) is 0. The maximum atomic E-state index is 6.31. The van der Waals surface area contributed by atoms with E-state index in [1.807, 2.05) is 12.1 Å². The zero-order valence-electron chi connectivity index (χ0n) is 11.4. The Labute approximate surface area is 130 Å². The predicted octanol–water partition coefficient (Wildman–Crippen LogP) is 3.66. The van der Waals surface area contributed by atoms with E-state index < -0.39 is 0 Å². The van der Waals surface area contributed by atoms with Crippen LogP contribution in [0.25, 0.3) is 0 Å². The first-order valence-electron chi connectivity index (χ1n) is 7.59. The van der Waals surface area contributed by atoms with E-state index in [0.29, 0.717) is 16.1 Å². The summed E-state index contributed by atoms with van der Waals surface area (Å²) in [6.45, 7) is 0. The minimum atomic E-state index is 0.337. The molecule has 0 heterocycles. The third-order valence-electron chi connectivity index (χ3n) is 5.94. The van der Waals surface area contributed by atoms with Crippen molar-refractivity contribution in [3.63, 3.8) is 0 Å². The van der Waals surface area contributed by atoms with Crippen molar-refractivity contribution in [1.29, 1.82) is 0 Å². The first-order valence-corrected chi connectivity index (χ1v) is 8.35. The molecule has 4 heteroatoms. The Morgan fingerprint density at radius 3 is 2.55 bits per heavy atom. The van der Waals surface area contributed by atoms with Gasteiger partial charge in [-0.05, 0) is 66.9 Å². The van der Waals surface area contributed by atoms with Gasteiger partial charge in [-0.15, -0.1) is 0 Å². The number of benzene rings is 1. The van der Waals surface area contributed by atoms with E-state index in [4.69, 9.17) is 29.0 Å². The monoisotopic (exact) mass is 310 g/mol. The van der Waals surface area contributed by atoms with Crippen molar-refractivity contribution in [3.8, 4) is 0 Å². The van der Waals surface area contributed by atoms with E-state index in [2.05, 4.69) is 11.5 Å². The maximum absolute atomic E-state index is 6.31. The van der Waals surface area contributed by atoms with Gasteiger partial charge in [0.15, 0.2) is 0 Å². The van der Waals surface area contributed by atoms with Crippen LogP contribution in [-0.2, 0) is 6.42 Å². The van der Waals surface area contributed by atoms with Gasteiger partial charge in [0, 0.05) is 6.04 Å². The van der Waals surface area contributed by atoms with Gasteiger partial charge in [0.1, 0.15) is 0 Å². The molecule has 5 unspecified atom stereocenters. The molecule has 2 bridgehead atoms. The second-order valence-corrected chi connectivity index (χ2v) is 7.54. The molecule has 20 heavy (non-hydrogen) atoms. The molecule has 0 radical (unpaired) electrons. The molecule has 5 atom stereocenters. The van der Waals surface area contributed by atoms with E-state index >= 15 is 0 Å². The van der Waals surface area contributed by atoms with E-state index in [1.165, 1.54) is 19.3 Å². The average molecular weight is 311 g/mol. The number of nitrogens with one attached hydrogen (secondary N) is 1. The quantitative estimate of drug-likeness (QED) is 0.658. The zero-order valence-corrected chi connectivity index (χ0v) is 12.9. The number of rotatable bonds is 4. The van der Waals surface area contributed by atoms with Gasteiger partial charge in [0.2, 0.25) is 0 Å². The highest BCUT2D eigenvalue weighted by atomic mass is 35.5. The number of nitrogens with two attached hydrogens (primary N) is 1. The van der Waals surface area contributed by atoms with Crippen molar-refractivity contribution in [1.82, 2.24) is 5.43 Å². The van der Waals surface area contributed by atoms with E-state index in [0.717, 1.165) is 41.6 Å². The summed E-state index contributed by atoms with van der Waals surface area (Å²) >= 11 is 12.4. The number of hydrogen-bond acceptors (Lipinski definition) is 2. The van der Waals surface area contributed by atoms with Crippen molar-refractivity contribution in [2.24, 2.45) is 35.4 Å². The Bertz CT molecular complexity index is 517. The maximum Gasteiger partial charge on any atom is 0.0624 e. The Morgan fingerprint density at radius 1 is 1.20 bits per heavy atom. The summed E-state index contributed by atoms with van der Waals surface area (Å²) in [6, 6.07) is 6.20. The largest absolute Gasteiger partial charge is 0.271 e. The summed E-state index contributed by atoms with van der Waals surface area (Å²) in [5, 5.41) is 1.32. The summed E-state index contributed by atoms with van der Waals surface area (Å²) in [6.07, 6.45) is 5.24. The smallest absolute Gasteiger partial charge is 0.0624 e. The Balaban J connectivity index is 1.51. The molecule has 0 spiro atoms. The molecule has 2 nitrogen and oxygen atoms in total. The van der Waals surface area contributed by atoms with Crippen molar-refractivity contribution >= 4 is 23.2 Å². The van der Waals surface area contributed by atoms with Gasteiger partial charge >= 0.3 is 0 Å². The number of hydrogen-bond donors (Lipinski definition) is 2. The normalized spacial score (nSPS) is 38.9. The molecule has 0 aromatic heterocycles. The van der Waals surface area contributed by atoms with Gasteiger partial charge in [0.25, 0.3) is 0 Å². The van der Waals surface area contributed by atoms with Crippen LogP contribution in [0.5, 0.6) is 0 Å². The van der Waals surface area contributed by atoms with Crippen LogP contribution in [0.3, 0.4) is 0 Å². The van der Waals surface area contributed by atoms with Crippen LogP contribution < -0.4 is 11.3 Å². The SMILES string of the molecule is NNC(Cc1cccc(Cl)c1Cl)C1C2C3CCC(C3)C21. The predicted molar refractivity (Wildman–Crippen MR) is 82.6 cm³/mol. The fourth-order valence-electron chi connectivity index (χ4n) is 5.18. The lowest BCUT2D eigenvalue weighted by Crippen LogP contribution is -2.40. The van der Waals surface area contributed by atoms with E-state index in [1.54, 1.807) is 0 Å². The highest BCUT2D eigenvalue weighted by Crippen LogP contribution is 2.70. The van der Waals surface area contributed by atoms with Crippen LogP contribution in [-0.4, -0.2) is 6.04 Å². The lowest BCUT2D eigenvalue weighted by atomic mass is 9.93. The molecular formula is C16H20Cl2N2. The van der Waals surface area contributed by atoms with Gasteiger partial charge in [-0.25, -0.2) is 0 Å². The molecular weight excluding hydrogens is 291 g/mol. The topological polar surface area (TPSA) is 38.0 Å². The minimum absolute atomic E-state index is 0.337. The third-order valence-corrected chi connectivity index (χ3v) is 6.80. The molecule has 3 aliphatic rings. The molecule has 3 N–H and O–H groups in total. The zero-order chi connectivity index (χ0) is 13.9. The van der Waals surface area contributed by atoms with Crippen molar-refractivity contribution in [2.45, 2.75) is 31.7 Å². The number of hydrazine groups is 1. The summed E-state index contributed by atoms with van der Waals surface area (Å²) < 4.78 is 0. The minimum Gasteiger partial charge on any atom is -0.271 e. The van der Waals surface area contributed by atoms with E-state index in [9.17, 15) is 0 Å². The highest BCUT2D eigenvalue weighted by Gasteiger charge is 2.66. The van der Waals surface area contributed by atoms with Gasteiger partial charge in [-0.3, -0.25) is 11.3 Å². The summed E-state index contributed by atoms with van der Waals surface area (Å²) in [7, 11) is 0. The van der Waals surface area contributed by atoms with Gasteiger partial charge in [-0.1, -0.05) is 35.3 Å². The number of fused-ring (bicyclic) bond motifs is 5. The van der Waals surface area contributed by atoms with Crippen LogP contribution in [0.15, 0.2) is 18.2 Å². The van der Waals surface area contributed by atoms with Crippen LogP contribution in [0.2, 0.25) is 10.0 Å².